The van der Waals surface area contributed by atoms with Crippen LogP contribution in [0.3, 0.4) is 0 Å². The summed E-state index contributed by atoms with van der Waals surface area (Å²) >= 11 is 0. The van der Waals surface area contributed by atoms with Crippen LogP contribution in [0, 0.1) is 5.92 Å². The Hall–Kier alpha value is -0.200. The first kappa shape index (κ1) is 11.3. The van der Waals surface area contributed by atoms with Gasteiger partial charge in [0.1, 0.15) is 6.10 Å². The summed E-state index contributed by atoms with van der Waals surface area (Å²) in [5.41, 5.74) is 0. The quantitative estimate of drug-likeness (QED) is 0.558. The van der Waals surface area contributed by atoms with Gasteiger partial charge in [0.15, 0.2) is 5.79 Å². The summed E-state index contributed by atoms with van der Waals surface area (Å²) in [5.74, 6) is -0.778. The van der Waals surface area contributed by atoms with Crippen molar-refractivity contribution < 1.29 is 19.7 Å². The molecule has 2 rings (SSSR count). The van der Waals surface area contributed by atoms with Crippen LogP contribution in [0.15, 0.2) is 0 Å². The third-order valence-electron chi connectivity index (χ3n) is 3.30. The molecule has 1 saturated heterocycles. The number of likely N-dealkylation sites (N-methyl/N-ethyl adjacent to an activating group) is 1. The smallest absolute Gasteiger partial charge is 0.163 e. The highest BCUT2D eigenvalue weighted by Crippen LogP contribution is 2.41. The number of hydrogen-bond acceptors (Lipinski definition) is 5. The van der Waals surface area contributed by atoms with E-state index in [1.54, 1.807) is 7.05 Å². The van der Waals surface area contributed by atoms with Crippen LogP contribution in [0.25, 0.3) is 0 Å². The molecule has 5 nitrogen and oxygen atoms in total. The number of aliphatic hydroxyl groups is 2. The molecule has 0 aromatic carbocycles. The molecule has 0 radical (unpaired) electrons. The summed E-state index contributed by atoms with van der Waals surface area (Å²) in [6, 6.07) is -0.166. The van der Waals surface area contributed by atoms with Gasteiger partial charge in [0, 0.05) is 12.0 Å². The SMILES string of the molecule is CN[C@H]1[C@H](O)[C@H]2OC(C)(C)O[C@H]2[C@H]1CO. The monoisotopic (exact) mass is 217 g/mol. The third kappa shape index (κ3) is 1.68. The van der Waals surface area contributed by atoms with Crippen LogP contribution in [-0.4, -0.2) is 54.0 Å². The van der Waals surface area contributed by atoms with E-state index in [1.807, 2.05) is 13.8 Å². The van der Waals surface area contributed by atoms with Crippen LogP contribution in [0.4, 0.5) is 0 Å². The molecule has 88 valence electrons. The Morgan fingerprint density at radius 3 is 2.40 bits per heavy atom. The molecule has 5 atom stereocenters. The molecule has 2 aliphatic rings. The van der Waals surface area contributed by atoms with E-state index < -0.39 is 11.9 Å². The van der Waals surface area contributed by atoms with Crippen molar-refractivity contribution in [1.82, 2.24) is 5.32 Å². The molecule has 2 fully saturated rings. The summed E-state index contributed by atoms with van der Waals surface area (Å²) in [6.45, 7) is 3.63. The fourth-order valence-corrected chi connectivity index (χ4v) is 2.68. The van der Waals surface area contributed by atoms with E-state index in [9.17, 15) is 10.2 Å². The second kappa shape index (κ2) is 3.68. The zero-order valence-electron chi connectivity index (χ0n) is 9.30. The lowest BCUT2D eigenvalue weighted by atomic mass is 10.0. The zero-order valence-corrected chi connectivity index (χ0v) is 9.30. The number of hydrogen-bond donors (Lipinski definition) is 3. The minimum atomic E-state index is -0.664. The lowest BCUT2D eigenvalue weighted by Gasteiger charge is -2.26. The molecule has 1 aliphatic carbocycles. The average Bonchev–Trinajstić information content (AvgIpc) is 2.59. The normalized spacial score (nSPS) is 48.2. The highest BCUT2D eigenvalue weighted by molar-refractivity contribution is 5.06. The Bertz CT molecular complexity index is 244. The Labute approximate surface area is 89.4 Å². The van der Waals surface area contributed by atoms with Gasteiger partial charge in [-0.3, -0.25) is 0 Å². The van der Waals surface area contributed by atoms with E-state index in [2.05, 4.69) is 5.32 Å². The van der Waals surface area contributed by atoms with Crippen molar-refractivity contribution in [3.8, 4) is 0 Å². The summed E-state index contributed by atoms with van der Waals surface area (Å²) in [7, 11) is 1.77. The molecule has 1 saturated carbocycles. The van der Waals surface area contributed by atoms with Crippen molar-refractivity contribution >= 4 is 0 Å². The van der Waals surface area contributed by atoms with Crippen molar-refractivity contribution in [2.24, 2.45) is 5.92 Å². The van der Waals surface area contributed by atoms with Crippen LogP contribution in [0.2, 0.25) is 0 Å². The second-order valence-corrected chi connectivity index (χ2v) is 4.72. The summed E-state index contributed by atoms with van der Waals surface area (Å²) < 4.78 is 11.3. The average molecular weight is 217 g/mol. The van der Waals surface area contributed by atoms with Crippen molar-refractivity contribution in [2.75, 3.05) is 13.7 Å². The van der Waals surface area contributed by atoms with Crippen LogP contribution in [0.5, 0.6) is 0 Å². The highest BCUT2D eigenvalue weighted by Gasteiger charge is 2.57. The summed E-state index contributed by atoms with van der Waals surface area (Å²) in [4.78, 5) is 0. The lowest BCUT2D eigenvalue weighted by Crippen LogP contribution is -2.44. The molecule has 0 spiro atoms. The van der Waals surface area contributed by atoms with E-state index >= 15 is 0 Å². The van der Waals surface area contributed by atoms with Gasteiger partial charge in [0.2, 0.25) is 0 Å². The number of nitrogens with one attached hydrogen (secondary N) is 1. The van der Waals surface area contributed by atoms with Crippen molar-refractivity contribution in [1.29, 1.82) is 0 Å². The van der Waals surface area contributed by atoms with Crippen LogP contribution < -0.4 is 5.32 Å². The molecule has 5 heteroatoms. The predicted octanol–water partition coefficient (Wildman–Crippen LogP) is -0.922. The lowest BCUT2D eigenvalue weighted by molar-refractivity contribution is -0.171. The zero-order chi connectivity index (χ0) is 11.2. The molecule has 0 unspecified atom stereocenters. The van der Waals surface area contributed by atoms with E-state index in [0.29, 0.717) is 0 Å². The topological polar surface area (TPSA) is 71.0 Å². The maximum absolute atomic E-state index is 10.0. The first-order valence-corrected chi connectivity index (χ1v) is 5.32. The van der Waals surface area contributed by atoms with Crippen molar-refractivity contribution in [3.05, 3.63) is 0 Å². The van der Waals surface area contributed by atoms with Gasteiger partial charge in [-0.05, 0) is 20.9 Å². The van der Waals surface area contributed by atoms with Crippen LogP contribution in [0.1, 0.15) is 13.8 Å². The number of rotatable bonds is 2. The molecule has 0 amide bonds. The molecule has 0 bridgehead atoms. The molecular formula is C10H19NO4. The van der Waals surface area contributed by atoms with Gasteiger partial charge < -0.3 is 25.0 Å². The Morgan fingerprint density at radius 1 is 1.27 bits per heavy atom. The van der Waals surface area contributed by atoms with Crippen LogP contribution in [-0.2, 0) is 9.47 Å². The Kier molecular flexibility index (Phi) is 2.77. The molecule has 0 aromatic heterocycles. The first-order chi connectivity index (χ1) is 7.00. The Balaban J connectivity index is 2.19. The van der Waals surface area contributed by atoms with E-state index in [1.165, 1.54) is 0 Å². The largest absolute Gasteiger partial charge is 0.396 e. The summed E-state index contributed by atoms with van der Waals surface area (Å²) in [6.07, 6.45) is -1.19. The van der Waals surface area contributed by atoms with Crippen molar-refractivity contribution in [3.63, 3.8) is 0 Å². The molecule has 1 aliphatic heterocycles. The minimum absolute atomic E-state index is 0.0107. The van der Waals surface area contributed by atoms with Gasteiger partial charge in [-0.1, -0.05) is 0 Å². The van der Waals surface area contributed by atoms with Crippen LogP contribution >= 0.6 is 0 Å². The number of fused-ring (bicyclic) bond motifs is 1. The van der Waals surface area contributed by atoms with Gasteiger partial charge >= 0.3 is 0 Å². The van der Waals surface area contributed by atoms with Gasteiger partial charge in [-0.25, -0.2) is 0 Å². The van der Waals surface area contributed by atoms with E-state index in [0.717, 1.165) is 0 Å². The minimum Gasteiger partial charge on any atom is -0.396 e. The first-order valence-electron chi connectivity index (χ1n) is 5.32. The fraction of sp³-hybridized carbons (Fsp3) is 1.00. The third-order valence-corrected chi connectivity index (χ3v) is 3.30. The molecule has 15 heavy (non-hydrogen) atoms. The fourth-order valence-electron chi connectivity index (χ4n) is 2.68. The number of ether oxygens (including phenoxy) is 2. The molecular weight excluding hydrogens is 198 g/mol. The molecule has 3 N–H and O–H groups in total. The molecule has 0 aromatic rings. The van der Waals surface area contributed by atoms with E-state index in [-0.39, 0.29) is 30.8 Å². The van der Waals surface area contributed by atoms with E-state index in [4.69, 9.17) is 9.47 Å². The maximum atomic E-state index is 10.0. The highest BCUT2D eigenvalue weighted by atomic mass is 16.8. The molecule has 1 heterocycles. The maximum Gasteiger partial charge on any atom is 0.163 e. The van der Waals surface area contributed by atoms with Gasteiger partial charge in [-0.2, -0.15) is 0 Å². The van der Waals surface area contributed by atoms with Gasteiger partial charge in [-0.15, -0.1) is 0 Å². The number of aliphatic hydroxyl groups excluding tert-OH is 2. The Morgan fingerprint density at radius 2 is 1.87 bits per heavy atom. The van der Waals surface area contributed by atoms with Crippen molar-refractivity contribution in [2.45, 2.75) is 44.0 Å². The van der Waals surface area contributed by atoms with Gasteiger partial charge in [0.05, 0.1) is 18.8 Å². The summed E-state index contributed by atoms with van der Waals surface area (Å²) in [5, 5.41) is 22.3. The predicted molar refractivity (Wildman–Crippen MR) is 53.3 cm³/mol. The van der Waals surface area contributed by atoms with Gasteiger partial charge in [0.25, 0.3) is 0 Å². The second-order valence-electron chi connectivity index (χ2n) is 4.72. The standard InChI is InChI=1S/C10H19NO4/c1-10(2)14-8-5(4-12)6(11-3)7(13)9(8)15-10/h5-9,11-13H,4H2,1-3H3/t5-,6+,7-,8-,9+/m0/s1.